The van der Waals surface area contributed by atoms with E-state index >= 15 is 0 Å². The van der Waals surface area contributed by atoms with Crippen molar-refractivity contribution in [3.8, 4) is 11.1 Å². The lowest BCUT2D eigenvalue weighted by Crippen LogP contribution is -2.37. The Labute approximate surface area is 199 Å². The number of amides is 1. The molecule has 2 N–H and O–H groups in total. The smallest absolute Gasteiger partial charge is 0.316 e. The predicted octanol–water partition coefficient (Wildman–Crippen LogP) is 3.66. The summed E-state index contributed by atoms with van der Waals surface area (Å²) < 4.78 is 7.58. The Balaban J connectivity index is 1.44. The topological polar surface area (TPSA) is 93.5 Å². The van der Waals surface area contributed by atoms with Crippen LogP contribution < -0.4 is 5.32 Å². The summed E-state index contributed by atoms with van der Waals surface area (Å²) in [5.74, 6) is -0.629. The van der Waals surface area contributed by atoms with Crippen molar-refractivity contribution in [1.29, 1.82) is 0 Å². The second kappa shape index (κ2) is 10.3. The van der Waals surface area contributed by atoms with Gasteiger partial charge in [-0.2, -0.15) is 5.10 Å². The third-order valence-corrected chi connectivity index (χ3v) is 7.39. The van der Waals surface area contributed by atoms with E-state index in [9.17, 15) is 14.7 Å². The first-order valence-corrected chi connectivity index (χ1v) is 13.2. The van der Waals surface area contributed by atoms with Crippen LogP contribution in [0.25, 0.3) is 11.1 Å². The molecule has 0 radical (unpaired) electrons. The molecule has 1 aromatic heterocycles. The lowest BCUT2D eigenvalue weighted by Gasteiger charge is -2.23. The molecule has 4 rings (SSSR count). The molecule has 0 saturated heterocycles. The normalized spacial score (nSPS) is 16.7. The number of carbonyl (C=O) groups is 2. The van der Waals surface area contributed by atoms with Crippen molar-refractivity contribution < 1.29 is 19.4 Å². The number of aliphatic carboxylic acids is 1. The molecule has 2 fully saturated rings. The van der Waals surface area contributed by atoms with Crippen LogP contribution >= 0.6 is 0 Å². The molecule has 7 nitrogen and oxygen atoms in total. The van der Waals surface area contributed by atoms with Gasteiger partial charge in [-0.15, -0.1) is 0 Å². The van der Waals surface area contributed by atoms with E-state index in [2.05, 4.69) is 16.7 Å². The Bertz CT molecular complexity index is 984. The SMILES string of the molecule is C[SH+]CCOCn1nc(C)c(-c2ccc(NC(=O)C(C(=O)O)C(C3CC3)C3CC3)cc2)c1C. The van der Waals surface area contributed by atoms with E-state index in [1.54, 1.807) is 0 Å². The first kappa shape index (κ1) is 23.8. The lowest BCUT2D eigenvalue weighted by molar-refractivity contribution is -0.148. The fourth-order valence-corrected chi connectivity index (χ4v) is 5.14. The second-order valence-corrected chi connectivity index (χ2v) is 10.3. The molecule has 1 heterocycles. The Morgan fingerprint density at radius 2 is 1.82 bits per heavy atom. The van der Waals surface area contributed by atoms with Gasteiger partial charge in [-0.25, -0.2) is 4.68 Å². The maximum atomic E-state index is 13.0. The average Bonchev–Trinajstić information content (AvgIpc) is 3.69. The summed E-state index contributed by atoms with van der Waals surface area (Å²) in [6, 6.07) is 7.57. The van der Waals surface area contributed by atoms with Gasteiger partial charge in [0.15, 0.2) is 0 Å². The monoisotopic (exact) mass is 472 g/mol. The number of nitrogens with one attached hydrogen (secondary N) is 1. The zero-order valence-corrected chi connectivity index (χ0v) is 20.5. The fraction of sp³-hybridized carbons (Fsp3) is 0.560. The van der Waals surface area contributed by atoms with Crippen LogP contribution in [0.4, 0.5) is 5.69 Å². The summed E-state index contributed by atoms with van der Waals surface area (Å²) in [7, 11) is 0. The van der Waals surface area contributed by atoms with Gasteiger partial charge in [0.05, 0.1) is 18.6 Å². The van der Waals surface area contributed by atoms with Crippen molar-refractivity contribution in [1.82, 2.24) is 9.78 Å². The largest absolute Gasteiger partial charge is 0.481 e. The van der Waals surface area contributed by atoms with Gasteiger partial charge in [0.25, 0.3) is 0 Å². The van der Waals surface area contributed by atoms with E-state index in [4.69, 9.17) is 4.74 Å². The zero-order chi connectivity index (χ0) is 23.5. The highest BCUT2D eigenvalue weighted by Crippen LogP contribution is 2.52. The standard InChI is InChI=1S/C25H33N3O4S/c1-15-21(16(2)28(27-15)14-32-12-13-33-3)17-8-10-20(11-9-17)26-24(29)23(25(30)31)22(18-4-5-18)19-6-7-19/h8-11,18-19,22-23H,4-7,12-14H2,1-3H3,(H,26,29)(H,30,31)/p+1. The van der Waals surface area contributed by atoms with Crippen LogP contribution in [-0.4, -0.2) is 45.4 Å². The van der Waals surface area contributed by atoms with Crippen LogP contribution in [-0.2, 0) is 32.8 Å². The minimum atomic E-state index is -1.01. The van der Waals surface area contributed by atoms with Gasteiger partial charge in [0, 0.05) is 16.9 Å². The molecule has 1 aromatic carbocycles. The number of nitrogens with zero attached hydrogens (tertiary/aromatic N) is 2. The zero-order valence-electron chi connectivity index (χ0n) is 19.6. The van der Waals surface area contributed by atoms with Gasteiger partial charge >= 0.3 is 5.97 Å². The van der Waals surface area contributed by atoms with Crippen molar-refractivity contribution in [2.75, 3.05) is 23.9 Å². The molecule has 8 heteroatoms. The molecule has 0 spiro atoms. The highest BCUT2D eigenvalue weighted by molar-refractivity contribution is 7.77. The summed E-state index contributed by atoms with van der Waals surface area (Å²) >= 11 is 1.31. The van der Waals surface area contributed by atoms with Gasteiger partial charge in [-0.1, -0.05) is 12.1 Å². The lowest BCUT2D eigenvalue weighted by atomic mass is 9.83. The minimum Gasteiger partial charge on any atom is -0.481 e. The molecule has 1 atom stereocenters. The van der Waals surface area contributed by atoms with Crippen molar-refractivity contribution in [2.24, 2.45) is 23.7 Å². The summed E-state index contributed by atoms with van der Waals surface area (Å²) in [5, 5.41) is 17.3. The molecule has 1 unspecified atom stereocenters. The number of benzene rings is 1. The van der Waals surface area contributed by atoms with Gasteiger partial charge in [0.1, 0.15) is 18.4 Å². The number of aryl methyl sites for hydroxylation is 1. The van der Waals surface area contributed by atoms with E-state index in [0.717, 1.165) is 54.0 Å². The fourth-order valence-electron chi connectivity index (χ4n) is 4.83. The first-order valence-electron chi connectivity index (χ1n) is 11.7. The highest BCUT2D eigenvalue weighted by Gasteiger charge is 2.50. The molecule has 178 valence electrons. The molecular weight excluding hydrogens is 438 g/mol. The molecule has 1 amide bonds. The van der Waals surface area contributed by atoms with Crippen LogP contribution in [0.3, 0.4) is 0 Å². The quantitative estimate of drug-likeness (QED) is 0.213. The van der Waals surface area contributed by atoms with Crippen LogP contribution in [0.5, 0.6) is 0 Å². The van der Waals surface area contributed by atoms with E-state index in [1.807, 2.05) is 42.8 Å². The summed E-state index contributed by atoms with van der Waals surface area (Å²) in [4.78, 5) is 24.9. The number of rotatable bonds is 12. The third kappa shape index (κ3) is 5.61. The summed E-state index contributed by atoms with van der Waals surface area (Å²) in [6.07, 6.45) is 6.29. The second-order valence-electron chi connectivity index (χ2n) is 9.26. The Morgan fingerprint density at radius 3 is 2.36 bits per heavy atom. The maximum absolute atomic E-state index is 13.0. The number of hydrogen-bond donors (Lipinski definition) is 2. The van der Waals surface area contributed by atoms with Crippen LogP contribution in [0, 0.1) is 37.5 Å². The summed E-state index contributed by atoms with van der Waals surface area (Å²) in [5.41, 5.74) is 4.62. The van der Waals surface area contributed by atoms with Crippen molar-refractivity contribution >= 4 is 29.3 Å². The molecule has 2 saturated carbocycles. The average molecular weight is 473 g/mol. The van der Waals surface area contributed by atoms with E-state index in [-0.39, 0.29) is 5.92 Å². The third-order valence-electron chi connectivity index (χ3n) is 6.76. The van der Waals surface area contributed by atoms with Crippen LogP contribution in [0.1, 0.15) is 37.1 Å². The van der Waals surface area contributed by atoms with Crippen molar-refractivity contribution in [3.05, 3.63) is 35.7 Å². The number of carboxylic acid groups (broad SMARTS) is 1. The Kier molecular flexibility index (Phi) is 7.44. The van der Waals surface area contributed by atoms with E-state index in [0.29, 0.717) is 30.9 Å². The number of ether oxygens (including phenoxy) is 1. The number of aromatic nitrogens is 2. The molecule has 2 aliphatic rings. The Morgan fingerprint density at radius 1 is 1.18 bits per heavy atom. The van der Waals surface area contributed by atoms with E-state index in [1.165, 1.54) is 11.8 Å². The van der Waals surface area contributed by atoms with Crippen molar-refractivity contribution in [3.63, 3.8) is 0 Å². The number of thiol groups is 1. The highest BCUT2D eigenvalue weighted by atomic mass is 32.2. The number of carboxylic acids is 1. The molecule has 33 heavy (non-hydrogen) atoms. The number of carbonyl (C=O) groups excluding carboxylic acids is 1. The minimum absolute atomic E-state index is 0.0306. The first-order chi connectivity index (χ1) is 15.9. The van der Waals surface area contributed by atoms with Gasteiger partial charge in [-0.3, -0.25) is 9.59 Å². The number of anilines is 1. The summed E-state index contributed by atoms with van der Waals surface area (Å²) in [6.45, 7) is 5.14. The number of hydrogen-bond acceptors (Lipinski definition) is 4. The molecule has 0 aliphatic heterocycles. The maximum Gasteiger partial charge on any atom is 0.316 e. The molecule has 0 bridgehead atoms. The Hall–Kier alpha value is -2.32. The van der Waals surface area contributed by atoms with Gasteiger partial charge < -0.3 is 15.2 Å². The van der Waals surface area contributed by atoms with Crippen LogP contribution in [0.15, 0.2) is 24.3 Å². The predicted molar refractivity (Wildman–Crippen MR) is 131 cm³/mol. The molecule has 2 aromatic rings. The van der Waals surface area contributed by atoms with Crippen molar-refractivity contribution in [2.45, 2.75) is 46.3 Å². The van der Waals surface area contributed by atoms with Crippen LogP contribution in [0.2, 0.25) is 0 Å². The molecule has 2 aliphatic carbocycles. The molecular formula is C25H34N3O4S+. The van der Waals surface area contributed by atoms with E-state index < -0.39 is 17.8 Å². The van der Waals surface area contributed by atoms with Gasteiger partial charge in [0.2, 0.25) is 5.91 Å². The van der Waals surface area contributed by atoms with Gasteiger partial charge in [-0.05, 0) is 86.7 Å².